The number of ether oxygens (including phenoxy) is 4. The van der Waals surface area contributed by atoms with Crippen molar-refractivity contribution in [2.75, 3.05) is 6.61 Å². The Bertz CT molecular complexity index is 919. The number of rotatable bonds is 6. The van der Waals surface area contributed by atoms with E-state index >= 15 is 0 Å². The number of benzene rings is 1. The van der Waals surface area contributed by atoms with Gasteiger partial charge in [-0.1, -0.05) is 25.1 Å². The first-order chi connectivity index (χ1) is 16.2. The van der Waals surface area contributed by atoms with E-state index in [1.54, 1.807) is 37.3 Å². The van der Waals surface area contributed by atoms with Crippen LogP contribution in [0.2, 0.25) is 0 Å². The summed E-state index contributed by atoms with van der Waals surface area (Å²) in [4.78, 5) is 24.3. The van der Waals surface area contributed by atoms with Gasteiger partial charge >= 0.3 is 5.97 Å². The van der Waals surface area contributed by atoms with Gasteiger partial charge in [-0.05, 0) is 12.1 Å². The molecule has 2 aliphatic heterocycles. The summed E-state index contributed by atoms with van der Waals surface area (Å²) in [6.07, 6.45) is -8.33. The monoisotopic (exact) mass is 480 g/mol. The van der Waals surface area contributed by atoms with E-state index in [9.17, 15) is 35.1 Å². The fraction of sp³-hybridized carbons (Fsp3) is 0.565. The molecule has 0 spiro atoms. The Balaban J connectivity index is 1.56. The highest BCUT2D eigenvalue weighted by Crippen LogP contribution is 2.51. The Morgan fingerprint density at radius 3 is 2.50 bits per heavy atom. The lowest BCUT2D eigenvalue weighted by molar-refractivity contribution is -0.346. The maximum atomic E-state index is 12.6. The number of fused-ring (bicyclic) bond motifs is 1. The summed E-state index contributed by atoms with van der Waals surface area (Å²) in [5.41, 5.74) is -1.50. The molecule has 11 nitrogen and oxygen atoms in total. The van der Waals surface area contributed by atoms with Gasteiger partial charge in [-0.3, -0.25) is 4.79 Å². The van der Waals surface area contributed by atoms with Gasteiger partial charge in [0.2, 0.25) is 6.29 Å². The molecule has 1 aromatic carbocycles. The van der Waals surface area contributed by atoms with E-state index in [1.165, 1.54) is 0 Å². The average molecular weight is 480 g/mol. The van der Waals surface area contributed by atoms with Crippen molar-refractivity contribution in [3.63, 3.8) is 0 Å². The molecule has 1 aromatic rings. The molecule has 1 saturated heterocycles. The van der Waals surface area contributed by atoms with Gasteiger partial charge in [-0.2, -0.15) is 0 Å². The molecular formula is C23H28O11. The van der Waals surface area contributed by atoms with Crippen molar-refractivity contribution in [3.05, 3.63) is 47.7 Å². The van der Waals surface area contributed by atoms with Crippen LogP contribution >= 0.6 is 0 Å². The van der Waals surface area contributed by atoms with Crippen LogP contribution in [0.1, 0.15) is 23.7 Å². The maximum absolute atomic E-state index is 12.6. The molecule has 34 heavy (non-hydrogen) atoms. The summed E-state index contributed by atoms with van der Waals surface area (Å²) in [6, 6.07) is 8.32. The standard InChI is InChI=1S/C23H28O11/c1-11-14(32-20(29)12-5-3-2-4-6-12)7-23(30)13(8-24)10-31-21(16(11)23)34-22-19(28)18(27)17(26)15(9-25)33-22/h2-6,8,10-11,14-19,21-22,25-28,30H,7,9H2,1H3/t11-,14-,15+,16-,17+,18-,19+,21-,22-,23-/m0/s1. The van der Waals surface area contributed by atoms with Crippen molar-refractivity contribution in [1.29, 1.82) is 0 Å². The summed E-state index contributed by atoms with van der Waals surface area (Å²) in [6.45, 7) is 1.05. The molecule has 2 fully saturated rings. The highest BCUT2D eigenvalue weighted by molar-refractivity contribution is 5.89. The summed E-state index contributed by atoms with van der Waals surface area (Å²) in [7, 11) is 0. The van der Waals surface area contributed by atoms with Crippen LogP contribution in [0, 0.1) is 11.8 Å². The van der Waals surface area contributed by atoms with Gasteiger partial charge in [0.15, 0.2) is 12.6 Å². The Hall–Kier alpha value is -2.38. The first-order valence-electron chi connectivity index (χ1n) is 11.0. The third-order valence-electron chi connectivity index (χ3n) is 6.85. The predicted molar refractivity (Wildman–Crippen MR) is 112 cm³/mol. The van der Waals surface area contributed by atoms with Gasteiger partial charge in [0.25, 0.3) is 0 Å². The van der Waals surface area contributed by atoms with Crippen molar-refractivity contribution >= 4 is 12.3 Å². The molecule has 1 aliphatic carbocycles. The van der Waals surface area contributed by atoms with Crippen LogP contribution in [0.25, 0.3) is 0 Å². The van der Waals surface area contributed by atoms with Gasteiger partial charge in [0.1, 0.15) is 36.1 Å². The van der Waals surface area contributed by atoms with Crippen LogP contribution < -0.4 is 0 Å². The van der Waals surface area contributed by atoms with E-state index in [-0.39, 0.29) is 12.0 Å². The molecular weight excluding hydrogens is 452 g/mol. The topological polar surface area (TPSA) is 172 Å². The molecule has 5 N–H and O–H groups in total. The zero-order valence-corrected chi connectivity index (χ0v) is 18.3. The number of aliphatic hydroxyl groups is 5. The number of aliphatic hydroxyl groups excluding tert-OH is 4. The second-order valence-electron chi connectivity index (χ2n) is 8.85. The summed E-state index contributed by atoms with van der Waals surface area (Å²) in [5.74, 6) is -2.07. The average Bonchev–Trinajstić information content (AvgIpc) is 3.10. The first kappa shape index (κ1) is 24.7. The van der Waals surface area contributed by atoms with Crippen molar-refractivity contribution in [2.45, 2.75) is 62.0 Å². The van der Waals surface area contributed by atoms with Crippen molar-refractivity contribution in [3.8, 4) is 0 Å². The normalized spacial score (nSPS) is 41.7. The first-order valence-corrected chi connectivity index (χ1v) is 11.0. The fourth-order valence-corrected chi connectivity index (χ4v) is 4.89. The van der Waals surface area contributed by atoms with Crippen LogP contribution in [0.4, 0.5) is 0 Å². The molecule has 1 saturated carbocycles. The number of aldehydes is 1. The van der Waals surface area contributed by atoms with Crippen LogP contribution in [-0.2, 0) is 23.7 Å². The molecule has 4 rings (SSSR count). The van der Waals surface area contributed by atoms with Gasteiger partial charge in [0.05, 0.1) is 29.9 Å². The maximum Gasteiger partial charge on any atom is 0.338 e. The van der Waals surface area contributed by atoms with E-state index in [0.717, 1.165) is 6.26 Å². The lowest BCUT2D eigenvalue weighted by Gasteiger charge is -2.44. The van der Waals surface area contributed by atoms with Gasteiger partial charge in [-0.15, -0.1) is 0 Å². The highest BCUT2D eigenvalue weighted by Gasteiger charge is 2.61. The van der Waals surface area contributed by atoms with E-state index in [1.807, 2.05) is 0 Å². The van der Waals surface area contributed by atoms with Crippen LogP contribution in [0.3, 0.4) is 0 Å². The number of hydrogen-bond donors (Lipinski definition) is 5. The molecule has 0 aromatic heterocycles. The summed E-state index contributed by atoms with van der Waals surface area (Å²) in [5, 5.41) is 51.2. The minimum atomic E-state index is -1.76. The van der Waals surface area contributed by atoms with E-state index in [0.29, 0.717) is 11.8 Å². The highest BCUT2D eigenvalue weighted by atomic mass is 16.8. The van der Waals surface area contributed by atoms with Crippen LogP contribution in [0.5, 0.6) is 0 Å². The SMILES string of the molecule is C[C@@H]1[C@H]2[C@H](O[C@@H]3O[C@H](CO)[C@@H](O)[C@H](O)[C@H]3O)OC=C(C=O)[C@@]2(O)C[C@@H]1OC(=O)c1ccccc1. The van der Waals surface area contributed by atoms with Crippen molar-refractivity contribution in [1.82, 2.24) is 0 Å². The minimum Gasteiger partial charge on any atom is -0.471 e. The molecule has 186 valence electrons. The van der Waals surface area contributed by atoms with Crippen molar-refractivity contribution in [2.24, 2.45) is 11.8 Å². The van der Waals surface area contributed by atoms with Gasteiger partial charge < -0.3 is 44.5 Å². The largest absolute Gasteiger partial charge is 0.471 e. The Morgan fingerprint density at radius 1 is 1.15 bits per heavy atom. The molecule has 0 unspecified atom stereocenters. The second-order valence-corrected chi connectivity index (χ2v) is 8.85. The molecule has 0 radical (unpaired) electrons. The molecule has 3 aliphatic rings. The fourth-order valence-electron chi connectivity index (χ4n) is 4.89. The molecule has 10 atom stereocenters. The van der Waals surface area contributed by atoms with Crippen molar-refractivity contribution < 1.29 is 54.1 Å². The molecule has 0 bridgehead atoms. The number of esters is 1. The summed E-state index contributed by atoms with van der Waals surface area (Å²) >= 11 is 0. The number of carbonyl (C=O) groups excluding carboxylic acids is 2. The predicted octanol–water partition coefficient (Wildman–Crippen LogP) is -1.15. The quantitative estimate of drug-likeness (QED) is 0.246. The zero-order valence-electron chi connectivity index (χ0n) is 18.3. The summed E-state index contributed by atoms with van der Waals surface area (Å²) < 4.78 is 22.3. The van der Waals surface area contributed by atoms with E-state index < -0.39 is 73.1 Å². The van der Waals surface area contributed by atoms with E-state index in [2.05, 4.69) is 0 Å². The molecule has 2 heterocycles. The van der Waals surface area contributed by atoms with Crippen LogP contribution in [-0.4, -0.2) is 93.1 Å². The lowest BCUT2D eigenvalue weighted by atomic mass is 9.79. The Kier molecular flexibility index (Phi) is 7.06. The van der Waals surface area contributed by atoms with E-state index in [4.69, 9.17) is 18.9 Å². The second kappa shape index (κ2) is 9.70. The third-order valence-corrected chi connectivity index (χ3v) is 6.85. The minimum absolute atomic E-state index is 0.0590. The molecule has 11 heteroatoms. The number of hydrogen-bond acceptors (Lipinski definition) is 11. The third kappa shape index (κ3) is 4.24. The molecule has 0 amide bonds. The Morgan fingerprint density at radius 2 is 1.85 bits per heavy atom. The smallest absolute Gasteiger partial charge is 0.338 e. The van der Waals surface area contributed by atoms with Crippen LogP contribution in [0.15, 0.2) is 42.2 Å². The number of carbonyl (C=O) groups is 2. The lowest BCUT2D eigenvalue weighted by Crippen LogP contribution is -2.61. The van der Waals surface area contributed by atoms with Gasteiger partial charge in [-0.25, -0.2) is 4.79 Å². The van der Waals surface area contributed by atoms with Gasteiger partial charge in [0, 0.05) is 12.3 Å². The Labute approximate surface area is 195 Å². The zero-order chi connectivity index (χ0) is 24.6.